The molecule has 0 heterocycles. The Morgan fingerprint density at radius 2 is 1.36 bits per heavy atom. The predicted octanol–water partition coefficient (Wildman–Crippen LogP) is 6.18. The van der Waals surface area contributed by atoms with Crippen molar-refractivity contribution < 1.29 is 0 Å². The van der Waals surface area contributed by atoms with E-state index in [1.807, 2.05) is 0 Å². The molecule has 0 bridgehead atoms. The van der Waals surface area contributed by atoms with Crippen molar-refractivity contribution in [2.24, 2.45) is 0 Å². The maximum absolute atomic E-state index is 2.39. The molecule has 0 amide bonds. The van der Waals surface area contributed by atoms with E-state index >= 15 is 0 Å². The van der Waals surface area contributed by atoms with Crippen molar-refractivity contribution in [1.82, 2.24) is 0 Å². The summed E-state index contributed by atoms with van der Waals surface area (Å²) in [6.45, 7) is 0. The van der Waals surface area contributed by atoms with Crippen LogP contribution in [0.4, 0.5) is 0 Å². The molecular formula is C25H20. The Labute approximate surface area is 149 Å². The fraction of sp³-hybridized carbons (Fsp3) is 0.120. The minimum Gasteiger partial charge on any atom is -0.0622 e. The van der Waals surface area contributed by atoms with Gasteiger partial charge in [-0.3, -0.25) is 0 Å². The third kappa shape index (κ3) is 2.55. The molecule has 0 N–H and O–H groups in total. The van der Waals surface area contributed by atoms with Crippen LogP contribution in [-0.4, -0.2) is 0 Å². The minimum absolute atomic E-state index is 1.05. The Bertz CT molecular complexity index is 1000. The molecule has 5 rings (SSSR count). The quantitative estimate of drug-likeness (QED) is 0.540. The SMILES string of the molecule is C1=C(CC2=C(c3ccccc3)Cc3ccccc32)Cc2ccccc21. The van der Waals surface area contributed by atoms with Gasteiger partial charge in [0.15, 0.2) is 0 Å². The zero-order valence-corrected chi connectivity index (χ0v) is 14.2. The largest absolute Gasteiger partial charge is 0.0622 e. The number of benzene rings is 3. The summed E-state index contributed by atoms with van der Waals surface area (Å²) in [6.07, 6.45) is 5.58. The van der Waals surface area contributed by atoms with E-state index in [-0.39, 0.29) is 0 Å². The van der Waals surface area contributed by atoms with Crippen molar-refractivity contribution in [2.75, 3.05) is 0 Å². The Hall–Kier alpha value is -2.86. The normalized spacial score (nSPS) is 15.1. The summed E-state index contributed by atoms with van der Waals surface area (Å²) >= 11 is 0. The number of hydrogen-bond donors (Lipinski definition) is 0. The van der Waals surface area contributed by atoms with Crippen LogP contribution < -0.4 is 0 Å². The highest BCUT2D eigenvalue weighted by Gasteiger charge is 2.24. The first-order valence-electron chi connectivity index (χ1n) is 9.01. The first-order valence-corrected chi connectivity index (χ1v) is 9.01. The van der Waals surface area contributed by atoms with Crippen LogP contribution in [0.2, 0.25) is 0 Å². The van der Waals surface area contributed by atoms with Gasteiger partial charge in [-0.25, -0.2) is 0 Å². The van der Waals surface area contributed by atoms with Crippen molar-refractivity contribution in [3.8, 4) is 0 Å². The van der Waals surface area contributed by atoms with Gasteiger partial charge in [0.05, 0.1) is 0 Å². The molecule has 0 saturated heterocycles. The maximum atomic E-state index is 2.39. The van der Waals surface area contributed by atoms with Gasteiger partial charge in [0.1, 0.15) is 0 Å². The molecule has 0 radical (unpaired) electrons. The fourth-order valence-corrected chi connectivity index (χ4v) is 4.24. The molecule has 0 nitrogen and oxygen atoms in total. The van der Waals surface area contributed by atoms with Crippen molar-refractivity contribution in [3.63, 3.8) is 0 Å². The van der Waals surface area contributed by atoms with E-state index in [2.05, 4.69) is 84.9 Å². The summed E-state index contributed by atoms with van der Waals surface area (Å²) < 4.78 is 0. The van der Waals surface area contributed by atoms with E-state index in [0.717, 1.165) is 19.3 Å². The van der Waals surface area contributed by atoms with E-state index < -0.39 is 0 Å². The summed E-state index contributed by atoms with van der Waals surface area (Å²) in [5, 5.41) is 0. The van der Waals surface area contributed by atoms with Crippen molar-refractivity contribution in [1.29, 1.82) is 0 Å². The van der Waals surface area contributed by atoms with Gasteiger partial charge in [0, 0.05) is 0 Å². The van der Waals surface area contributed by atoms with Crippen molar-refractivity contribution in [2.45, 2.75) is 19.3 Å². The van der Waals surface area contributed by atoms with Crippen molar-refractivity contribution in [3.05, 3.63) is 112 Å². The van der Waals surface area contributed by atoms with Gasteiger partial charge in [0.2, 0.25) is 0 Å². The van der Waals surface area contributed by atoms with Crippen LogP contribution >= 0.6 is 0 Å². The highest BCUT2D eigenvalue weighted by atomic mass is 14.3. The molecule has 120 valence electrons. The second-order valence-electron chi connectivity index (χ2n) is 7.01. The van der Waals surface area contributed by atoms with Crippen LogP contribution in [0.15, 0.2) is 84.4 Å². The Balaban J connectivity index is 1.56. The van der Waals surface area contributed by atoms with Crippen LogP contribution in [0.1, 0.15) is 34.2 Å². The van der Waals surface area contributed by atoms with Gasteiger partial charge in [-0.15, -0.1) is 0 Å². The summed E-state index contributed by atoms with van der Waals surface area (Å²) in [6, 6.07) is 28.6. The number of rotatable bonds is 3. The second kappa shape index (κ2) is 5.89. The molecule has 2 aliphatic carbocycles. The zero-order chi connectivity index (χ0) is 16.6. The van der Waals surface area contributed by atoms with Gasteiger partial charge in [-0.2, -0.15) is 0 Å². The summed E-state index contributed by atoms with van der Waals surface area (Å²) in [7, 11) is 0. The van der Waals surface area contributed by atoms with Gasteiger partial charge >= 0.3 is 0 Å². The lowest BCUT2D eigenvalue weighted by molar-refractivity contribution is 1.12. The van der Waals surface area contributed by atoms with Gasteiger partial charge in [-0.05, 0) is 58.2 Å². The van der Waals surface area contributed by atoms with Crippen LogP contribution in [-0.2, 0) is 12.8 Å². The molecule has 3 aromatic carbocycles. The number of hydrogen-bond acceptors (Lipinski definition) is 0. The Morgan fingerprint density at radius 3 is 2.20 bits per heavy atom. The van der Waals surface area contributed by atoms with E-state index in [1.54, 1.807) is 0 Å². The molecule has 3 aromatic rings. The molecule has 2 aliphatic rings. The zero-order valence-electron chi connectivity index (χ0n) is 14.2. The lowest BCUT2D eigenvalue weighted by atomic mass is 9.94. The first kappa shape index (κ1) is 14.5. The molecule has 0 aromatic heterocycles. The Morgan fingerprint density at radius 1 is 0.640 bits per heavy atom. The molecule has 25 heavy (non-hydrogen) atoms. The molecular weight excluding hydrogens is 300 g/mol. The predicted molar refractivity (Wildman–Crippen MR) is 106 cm³/mol. The van der Waals surface area contributed by atoms with Crippen LogP contribution in [0.25, 0.3) is 17.2 Å². The average Bonchev–Trinajstić information content (AvgIpc) is 3.24. The molecule has 0 saturated carbocycles. The summed E-state index contributed by atoms with van der Waals surface area (Å²) in [4.78, 5) is 0. The molecule has 0 unspecified atom stereocenters. The monoisotopic (exact) mass is 320 g/mol. The van der Waals surface area contributed by atoms with E-state index in [1.165, 1.54) is 44.5 Å². The number of fused-ring (bicyclic) bond motifs is 2. The first-order chi connectivity index (χ1) is 12.4. The minimum atomic E-state index is 1.05. The highest BCUT2D eigenvalue weighted by Crippen LogP contribution is 2.43. The lowest BCUT2D eigenvalue weighted by Crippen LogP contribution is -1.91. The maximum Gasteiger partial charge on any atom is -0.00107 e. The van der Waals surface area contributed by atoms with Gasteiger partial charge in [0.25, 0.3) is 0 Å². The standard InChI is InChI=1S/C25H20/c1-2-8-19(9-3-1)24-17-22-12-6-7-13-23(22)25(24)16-18-14-20-10-4-5-11-21(20)15-18/h1-14H,15-17H2. The van der Waals surface area contributed by atoms with Crippen LogP contribution in [0, 0.1) is 0 Å². The lowest BCUT2D eigenvalue weighted by Gasteiger charge is -2.10. The molecule has 0 spiro atoms. The van der Waals surface area contributed by atoms with E-state index in [9.17, 15) is 0 Å². The molecule has 0 atom stereocenters. The van der Waals surface area contributed by atoms with Crippen LogP contribution in [0.5, 0.6) is 0 Å². The van der Waals surface area contributed by atoms with E-state index in [0.29, 0.717) is 0 Å². The molecule has 0 fully saturated rings. The summed E-state index contributed by atoms with van der Waals surface area (Å²) in [5.74, 6) is 0. The fourth-order valence-electron chi connectivity index (χ4n) is 4.24. The highest BCUT2D eigenvalue weighted by molar-refractivity contribution is 5.98. The smallest absolute Gasteiger partial charge is 0.00107 e. The average molecular weight is 320 g/mol. The topological polar surface area (TPSA) is 0 Å². The summed E-state index contributed by atoms with van der Waals surface area (Å²) in [5.41, 5.74) is 11.7. The van der Waals surface area contributed by atoms with Crippen molar-refractivity contribution >= 4 is 17.2 Å². The molecule has 0 heteroatoms. The number of allylic oxidation sites excluding steroid dienone is 3. The Kier molecular flexibility index (Phi) is 3.41. The van der Waals surface area contributed by atoms with E-state index in [4.69, 9.17) is 0 Å². The van der Waals surface area contributed by atoms with Crippen LogP contribution in [0.3, 0.4) is 0 Å². The van der Waals surface area contributed by atoms with Gasteiger partial charge in [-0.1, -0.05) is 90.5 Å². The third-order valence-corrected chi connectivity index (χ3v) is 5.43. The second-order valence-corrected chi connectivity index (χ2v) is 7.01. The molecule has 0 aliphatic heterocycles. The third-order valence-electron chi connectivity index (χ3n) is 5.43. The van der Waals surface area contributed by atoms with Gasteiger partial charge < -0.3 is 0 Å².